The van der Waals surface area contributed by atoms with Crippen molar-refractivity contribution in [3.8, 4) is 5.75 Å². The van der Waals surface area contributed by atoms with E-state index in [1.165, 1.54) is 6.92 Å². The van der Waals surface area contributed by atoms with Crippen molar-refractivity contribution in [1.29, 1.82) is 0 Å². The molecule has 0 aromatic heterocycles. The summed E-state index contributed by atoms with van der Waals surface area (Å²) in [6, 6.07) is 7.33. The summed E-state index contributed by atoms with van der Waals surface area (Å²) in [5.41, 5.74) is 0.727. The standard InChI is InChI=1S/C17H28N4O2S/c1-13(22)21-14-7-6-8-15(11-14)23-10-9-19-16(18-4)20-12-17(2,3)24-5/h6-8,11H,9-10,12H2,1-5H3,(H,21,22)(H2,18,19,20). The average Bonchev–Trinajstić information content (AvgIpc) is 2.54. The fourth-order valence-electron chi connectivity index (χ4n) is 1.79. The van der Waals surface area contributed by atoms with Crippen molar-refractivity contribution in [2.75, 3.05) is 38.3 Å². The minimum atomic E-state index is -0.100. The number of hydrogen-bond acceptors (Lipinski definition) is 4. The van der Waals surface area contributed by atoms with Crippen LogP contribution in [0.2, 0.25) is 0 Å². The number of carbonyl (C=O) groups excluding carboxylic acids is 1. The minimum absolute atomic E-state index is 0.100. The number of guanidine groups is 1. The quantitative estimate of drug-likeness (QED) is 0.380. The Morgan fingerprint density at radius 3 is 2.71 bits per heavy atom. The number of nitrogens with zero attached hydrogens (tertiary/aromatic N) is 1. The number of benzene rings is 1. The highest BCUT2D eigenvalue weighted by Gasteiger charge is 2.15. The molecule has 0 aliphatic rings. The van der Waals surface area contributed by atoms with Crippen LogP contribution in [0.1, 0.15) is 20.8 Å². The summed E-state index contributed by atoms with van der Waals surface area (Å²) in [6.45, 7) is 7.80. The Hall–Kier alpha value is -1.89. The SMILES string of the molecule is CN=C(NCCOc1cccc(NC(C)=O)c1)NCC(C)(C)SC. The van der Waals surface area contributed by atoms with Crippen LogP contribution in [0.5, 0.6) is 5.75 Å². The molecule has 0 spiro atoms. The molecule has 0 bridgehead atoms. The van der Waals surface area contributed by atoms with Gasteiger partial charge in [0.05, 0.1) is 6.54 Å². The smallest absolute Gasteiger partial charge is 0.221 e. The molecule has 0 radical (unpaired) electrons. The number of hydrogen-bond donors (Lipinski definition) is 3. The van der Waals surface area contributed by atoms with Gasteiger partial charge in [0.25, 0.3) is 0 Å². The number of carbonyl (C=O) groups is 1. The highest BCUT2D eigenvalue weighted by molar-refractivity contribution is 7.99. The summed E-state index contributed by atoms with van der Waals surface area (Å²) in [5, 5.41) is 9.26. The van der Waals surface area contributed by atoms with E-state index < -0.39 is 0 Å². The van der Waals surface area contributed by atoms with Crippen LogP contribution in [-0.4, -0.2) is 49.6 Å². The Kier molecular flexibility index (Phi) is 8.46. The number of aliphatic imine (C=N–C) groups is 1. The Labute approximate surface area is 148 Å². The molecule has 3 N–H and O–H groups in total. The summed E-state index contributed by atoms with van der Waals surface area (Å²) in [5.74, 6) is 1.37. The first-order valence-electron chi connectivity index (χ1n) is 7.86. The molecule has 1 aromatic carbocycles. The van der Waals surface area contributed by atoms with E-state index in [-0.39, 0.29) is 10.7 Å². The van der Waals surface area contributed by atoms with Crippen LogP contribution in [0.15, 0.2) is 29.3 Å². The van der Waals surface area contributed by atoms with Crippen LogP contribution in [0, 0.1) is 0 Å². The van der Waals surface area contributed by atoms with Gasteiger partial charge in [-0.25, -0.2) is 0 Å². The molecule has 7 heteroatoms. The third-order valence-electron chi connectivity index (χ3n) is 3.28. The van der Waals surface area contributed by atoms with Gasteiger partial charge in [-0.05, 0) is 32.2 Å². The molecule has 0 aliphatic heterocycles. The molecule has 1 aromatic rings. The van der Waals surface area contributed by atoms with Crippen molar-refractivity contribution in [2.45, 2.75) is 25.5 Å². The fourth-order valence-corrected chi connectivity index (χ4v) is 2.01. The lowest BCUT2D eigenvalue weighted by atomic mass is 10.2. The van der Waals surface area contributed by atoms with Crippen molar-refractivity contribution in [3.63, 3.8) is 0 Å². The second-order valence-electron chi connectivity index (χ2n) is 5.87. The van der Waals surface area contributed by atoms with Gasteiger partial charge in [-0.15, -0.1) is 0 Å². The summed E-state index contributed by atoms with van der Waals surface area (Å²) in [4.78, 5) is 15.3. The van der Waals surface area contributed by atoms with E-state index in [0.29, 0.717) is 13.2 Å². The molecule has 1 rings (SSSR count). The van der Waals surface area contributed by atoms with Gasteiger partial charge in [0.2, 0.25) is 5.91 Å². The van der Waals surface area contributed by atoms with E-state index in [4.69, 9.17) is 4.74 Å². The van der Waals surface area contributed by atoms with Gasteiger partial charge in [-0.3, -0.25) is 9.79 Å². The molecular weight excluding hydrogens is 324 g/mol. The van der Waals surface area contributed by atoms with Crippen molar-refractivity contribution < 1.29 is 9.53 Å². The highest BCUT2D eigenvalue weighted by atomic mass is 32.2. The number of anilines is 1. The Bertz CT molecular complexity index is 561. The zero-order chi connectivity index (χ0) is 18.0. The maximum absolute atomic E-state index is 11.1. The number of thioether (sulfide) groups is 1. The largest absolute Gasteiger partial charge is 0.492 e. The fraction of sp³-hybridized carbons (Fsp3) is 0.529. The van der Waals surface area contributed by atoms with Crippen LogP contribution in [0.4, 0.5) is 5.69 Å². The molecule has 0 heterocycles. The lowest BCUT2D eigenvalue weighted by Crippen LogP contribution is -2.44. The molecule has 0 fully saturated rings. The lowest BCUT2D eigenvalue weighted by molar-refractivity contribution is -0.114. The van der Waals surface area contributed by atoms with Crippen molar-refractivity contribution >= 4 is 29.3 Å². The third kappa shape index (κ3) is 8.10. The molecule has 24 heavy (non-hydrogen) atoms. The molecule has 134 valence electrons. The number of rotatable bonds is 8. The van der Waals surface area contributed by atoms with E-state index in [2.05, 4.69) is 41.0 Å². The third-order valence-corrected chi connectivity index (χ3v) is 4.52. The average molecular weight is 353 g/mol. The predicted molar refractivity (Wildman–Crippen MR) is 103 cm³/mol. The number of nitrogens with one attached hydrogen (secondary N) is 3. The van der Waals surface area contributed by atoms with E-state index in [9.17, 15) is 4.79 Å². The Balaban J connectivity index is 2.35. The second-order valence-corrected chi connectivity index (χ2v) is 7.39. The van der Waals surface area contributed by atoms with Gasteiger partial charge in [-0.1, -0.05) is 6.07 Å². The Morgan fingerprint density at radius 2 is 2.08 bits per heavy atom. The van der Waals surface area contributed by atoms with Gasteiger partial charge in [0.15, 0.2) is 5.96 Å². The van der Waals surface area contributed by atoms with Crippen LogP contribution in [-0.2, 0) is 4.79 Å². The molecule has 0 atom stereocenters. The summed E-state index contributed by atoms with van der Waals surface area (Å²) < 4.78 is 5.84. The Morgan fingerprint density at radius 1 is 1.33 bits per heavy atom. The maximum atomic E-state index is 11.1. The number of ether oxygens (including phenoxy) is 1. The highest BCUT2D eigenvalue weighted by Crippen LogP contribution is 2.19. The first-order chi connectivity index (χ1) is 11.4. The van der Waals surface area contributed by atoms with Gasteiger partial charge in [0.1, 0.15) is 12.4 Å². The van der Waals surface area contributed by atoms with Gasteiger partial charge >= 0.3 is 0 Å². The first kappa shape index (κ1) is 20.2. The van der Waals surface area contributed by atoms with Crippen LogP contribution in [0.25, 0.3) is 0 Å². The van der Waals surface area contributed by atoms with E-state index in [1.807, 2.05) is 30.0 Å². The molecular formula is C17H28N4O2S. The summed E-state index contributed by atoms with van der Waals surface area (Å²) >= 11 is 1.81. The van der Waals surface area contributed by atoms with Crippen LogP contribution >= 0.6 is 11.8 Å². The van der Waals surface area contributed by atoms with E-state index in [0.717, 1.165) is 23.9 Å². The summed E-state index contributed by atoms with van der Waals surface area (Å²) in [6.07, 6.45) is 2.10. The monoisotopic (exact) mass is 352 g/mol. The lowest BCUT2D eigenvalue weighted by Gasteiger charge is -2.23. The van der Waals surface area contributed by atoms with Crippen molar-refractivity contribution in [1.82, 2.24) is 10.6 Å². The first-order valence-corrected chi connectivity index (χ1v) is 9.09. The molecule has 0 saturated heterocycles. The molecule has 0 unspecified atom stereocenters. The van der Waals surface area contributed by atoms with Crippen LogP contribution < -0.4 is 20.7 Å². The topological polar surface area (TPSA) is 74.8 Å². The molecule has 0 saturated carbocycles. The molecule has 1 amide bonds. The zero-order valence-electron chi connectivity index (χ0n) is 15.1. The minimum Gasteiger partial charge on any atom is -0.492 e. The van der Waals surface area contributed by atoms with Crippen molar-refractivity contribution in [3.05, 3.63) is 24.3 Å². The van der Waals surface area contributed by atoms with Crippen LogP contribution in [0.3, 0.4) is 0 Å². The predicted octanol–water partition coefficient (Wildman–Crippen LogP) is 2.33. The zero-order valence-corrected chi connectivity index (χ0v) is 15.9. The normalized spacial score (nSPS) is 11.8. The maximum Gasteiger partial charge on any atom is 0.221 e. The van der Waals surface area contributed by atoms with Gasteiger partial charge in [-0.2, -0.15) is 11.8 Å². The molecule has 6 nitrogen and oxygen atoms in total. The second kappa shape index (κ2) is 10.1. The van der Waals surface area contributed by atoms with Gasteiger partial charge < -0.3 is 20.7 Å². The van der Waals surface area contributed by atoms with E-state index >= 15 is 0 Å². The van der Waals surface area contributed by atoms with E-state index in [1.54, 1.807) is 13.1 Å². The summed E-state index contributed by atoms with van der Waals surface area (Å²) in [7, 11) is 1.75. The van der Waals surface area contributed by atoms with Gasteiger partial charge in [0, 0.05) is 37.0 Å². The van der Waals surface area contributed by atoms with Crippen molar-refractivity contribution in [2.24, 2.45) is 4.99 Å². The number of amides is 1. The molecule has 0 aliphatic carbocycles.